The molecule has 0 saturated heterocycles. The van der Waals surface area contributed by atoms with E-state index < -0.39 is 10.8 Å². The lowest BCUT2D eigenvalue weighted by Gasteiger charge is -2.21. The molecule has 38 heavy (non-hydrogen) atoms. The second-order valence-electron chi connectivity index (χ2n) is 10.4. The van der Waals surface area contributed by atoms with Gasteiger partial charge in [-0.3, -0.25) is 4.79 Å². The molecule has 2 aromatic carbocycles. The van der Waals surface area contributed by atoms with Gasteiger partial charge >= 0.3 is 5.95 Å². The van der Waals surface area contributed by atoms with Gasteiger partial charge in [-0.1, -0.05) is 32.6 Å². The van der Waals surface area contributed by atoms with Crippen molar-refractivity contribution in [3.63, 3.8) is 0 Å². The number of H-pyrrole nitrogens is 1. The Bertz CT molecular complexity index is 1480. The maximum Gasteiger partial charge on any atom is 0.402 e. The van der Waals surface area contributed by atoms with Gasteiger partial charge in [0.25, 0.3) is 0 Å². The molecule has 0 amide bonds. The summed E-state index contributed by atoms with van der Waals surface area (Å²) in [4.78, 5) is 22.7. The molecule has 1 aliphatic carbocycles. The van der Waals surface area contributed by atoms with Crippen LogP contribution in [0.5, 0.6) is 11.5 Å². The van der Waals surface area contributed by atoms with E-state index in [0.717, 1.165) is 61.5 Å². The first kappa shape index (κ1) is 28.3. The molecule has 0 atom stereocenters. The average Bonchev–Trinajstić information content (AvgIpc) is 3.36. The largest absolute Gasteiger partial charge is 1.00 e. The summed E-state index contributed by atoms with van der Waals surface area (Å²) < 4.78 is 13.1. The average molecular weight is 570 g/mol. The molecule has 4 aromatic rings. The molecule has 200 valence electrons. The number of Topliss-reactive ketones (excluding diaryl/α,β-unsaturated/α-hetero) is 1. The van der Waals surface area contributed by atoms with Crippen LogP contribution in [0.4, 0.5) is 0 Å². The molecule has 0 unspecified atom stereocenters. The Labute approximate surface area is 237 Å². The van der Waals surface area contributed by atoms with Crippen LogP contribution in [0, 0.1) is 6.92 Å². The van der Waals surface area contributed by atoms with Crippen LogP contribution >= 0.6 is 21.6 Å². The van der Waals surface area contributed by atoms with Gasteiger partial charge in [0.1, 0.15) is 22.7 Å². The molecule has 0 aliphatic heterocycles. The Morgan fingerprint density at radius 3 is 2.39 bits per heavy atom. The van der Waals surface area contributed by atoms with Crippen LogP contribution in [0.25, 0.3) is 17.0 Å². The fourth-order valence-corrected chi connectivity index (χ4v) is 7.49. The number of rotatable bonds is 7. The van der Waals surface area contributed by atoms with Gasteiger partial charge in [-0.25, -0.2) is 9.55 Å². The summed E-state index contributed by atoms with van der Waals surface area (Å²) in [5.74, 6) is 3.42. The molecule has 0 fully saturated rings. The third kappa shape index (κ3) is 4.67. The SMILES string of the molecule is COc1cccc(SSCc2c(C)c(OC)cc[n+]2-c2nc3cc4c(cc3[nH]2)C(C)(C)C(=O)C4(C)C)c1.[Cl-]. The van der Waals surface area contributed by atoms with E-state index in [2.05, 4.69) is 34.7 Å². The highest BCUT2D eigenvalue weighted by atomic mass is 35.5. The van der Waals surface area contributed by atoms with Crippen LogP contribution in [0.2, 0.25) is 0 Å². The van der Waals surface area contributed by atoms with E-state index >= 15 is 0 Å². The van der Waals surface area contributed by atoms with E-state index in [1.165, 1.54) is 0 Å². The second-order valence-corrected chi connectivity index (χ2v) is 12.8. The van der Waals surface area contributed by atoms with Gasteiger partial charge < -0.3 is 21.9 Å². The minimum atomic E-state index is -0.533. The number of aromatic nitrogens is 3. The number of benzene rings is 2. The van der Waals surface area contributed by atoms with Crippen LogP contribution in [0.15, 0.2) is 53.6 Å². The van der Waals surface area contributed by atoms with Gasteiger partial charge in [-0.15, -0.1) is 0 Å². The van der Waals surface area contributed by atoms with Gasteiger partial charge in [0.05, 0.1) is 26.2 Å². The predicted octanol–water partition coefficient (Wildman–Crippen LogP) is 3.25. The quantitative estimate of drug-likeness (QED) is 0.272. The van der Waals surface area contributed by atoms with Crippen molar-refractivity contribution in [2.24, 2.45) is 0 Å². The van der Waals surface area contributed by atoms with Crippen molar-refractivity contribution < 1.29 is 31.2 Å². The van der Waals surface area contributed by atoms with Crippen molar-refractivity contribution in [1.29, 1.82) is 0 Å². The summed E-state index contributed by atoms with van der Waals surface area (Å²) in [6.45, 7) is 10.1. The molecule has 5 rings (SSSR count). The summed E-state index contributed by atoms with van der Waals surface area (Å²) >= 11 is 0. The van der Waals surface area contributed by atoms with Gasteiger partial charge in [-0.05, 0) is 76.1 Å². The molecular weight excluding hydrogens is 538 g/mol. The zero-order valence-corrected chi connectivity index (χ0v) is 25.0. The summed E-state index contributed by atoms with van der Waals surface area (Å²) in [6, 6.07) is 14.2. The molecule has 2 heterocycles. The molecule has 0 spiro atoms. The third-order valence-corrected chi connectivity index (χ3v) is 9.64. The number of nitrogens with one attached hydrogen (secondary N) is 1. The molecular formula is C29H32ClN3O3S2. The number of hydrogen-bond acceptors (Lipinski definition) is 6. The number of carbonyl (C=O) groups is 1. The lowest BCUT2D eigenvalue weighted by molar-refractivity contribution is -0.610. The molecule has 2 aromatic heterocycles. The highest BCUT2D eigenvalue weighted by Crippen LogP contribution is 2.47. The zero-order valence-electron chi connectivity index (χ0n) is 22.6. The van der Waals surface area contributed by atoms with Gasteiger partial charge in [0, 0.05) is 27.4 Å². The Morgan fingerprint density at radius 1 is 1.00 bits per heavy atom. The van der Waals surface area contributed by atoms with Crippen molar-refractivity contribution >= 4 is 38.4 Å². The Morgan fingerprint density at radius 2 is 1.71 bits per heavy atom. The van der Waals surface area contributed by atoms with E-state index in [1.807, 2.05) is 58.2 Å². The minimum absolute atomic E-state index is 0. The number of fused-ring (bicyclic) bond motifs is 2. The molecule has 0 bridgehead atoms. The van der Waals surface area contributed by atoms with Crippen molar-refractivity contribution in [3.8, 4) is 17.4 Å². The van der Waals surface area contributed by atoms with E-state index in [4.69, 9.17) is 14.5 Å². The number of pyridine rings is 1. The Hall–Kier alpha value is -2.68. The van der Waals surface area contributed by atoms with Crippen molar-refractivity contribution in [2.45, 2.75) is 56.1 Å². The number of ketones is 1. The summed E-state index contributed by atoms with van der Waals surface area (Å²) in [7, 11) is 6.84. The fourth-order valence-electron chi connectivity index (χ4n) is 5.30. The van der Waals surface area contributed by atoms with Crippen LogP contribution in [0.1, 0.15) is 50.1 Å². The number of methoxy groups -OCH3 is 2. The zero-order chi connectivity index (χ0) is 26.5. The molecule has 6 nitrogen and oxygen atoms in total. The molecule has 0 saturated carbocycles. The maximum absolute atomic E-state index is 13.1. The van der Waals surface area contributed by atoms with E-state index in [9.17, 15) is 4.79 Å². The summed E-state index contributed by atoms with van der Waals surface area (Å²) in [6.07, 6.45) is 2.00. The van der Waals surface area contributed by atoms with Crippen molar-refractivity contribution in [2.75, 3.05) is 14.2 Å². The number of halogens is 1. The first-order valence-electron chi connectivity index (χ1n) is 12.2. The van der Waals surface area contributed by atoms with Crippen molar-refractivity contribution in [1.82, 2.24) is 9.97 Å². The summed E-state index contributed by atoms with van der Waals surface area (Å²) in [5, 5.41) is 0. The van der Waals surface area contributed by atoms with E-state index in [0.29, 0.717) is 0 Å². The van der Waals surface area contributed by atoms with Gasteiger partial charge in [0.15, 0.2) is 11.3 Å². The van der Waals surface area contributed by atoms with Crippen LogP contribution < -0.4 is 26.4 Å². The normalized spacial score (nSPS) is 15.3. The molecule has 9 heteroatoms. The highest BCUT2D eigenvalue weighted by molar-refractivity contribution is 8.76. The minimum Gasteiger partial charge on any atom is -1.00 e. The van der Waals surface area contributed by atoms with Crippen molar-refractivity contribution in [3.05, 3.63) is 71.0 Å². The topological polar surface area (TPSA) is 68.1 Å². The molecule has 1 N–H and O–H groups in total. The van der Waals surface area contributed by atoms with E-state index in [-0.39, 0.29) is 18.2 Å². The lowest BCUT2D eigenvalue weighted by Crippen LogP contribution is -3.00. The van der Waals surface area contributed by atoms with Gasteiger partial charge in [-0.2, -0.15) is 0 Å². The first-order valence-corrected chi connectivity index (χ1v) is 14.5. The maximum atomic E-state index is 13.1. The van der Waals surface area contributed by atoms with Crippen LogP contribution in [0.3, 0.4) is 0 Å². The first-order chi connectivity index (χ1) is 17.6. The monoisotopic (exact) mass is 569 g/mol. The number of imidazole rings is 1. The lowest BCUT2D eigenvalue weighted by atomic mass is 9.80. The van der Waals surface area contributed by atoms with E-state index in [1.54, 1.807) is 35.8 Å². The molecule has 0 radical (unpaired) electrons. The standard InChI is InChI=1S/C29H32N3O3S2.ClH/c1-17-24(16-36-37-19-10-8-9-18(13-19)34-6)32(12-11-25(17)35-7)27-30-22-14-20-21(15-23(22)31-27)29(4,5)26(33)28(20,2)3;/h8-15H,16H2,1-7H3,(H,30,31);1H/q+1;/p-1. The molecule has 1 aliphatic rings. The number of aromatic amines is 1. The Balaban J connectivity index is 0.00000336. The Kier molecular flexibility index (Phi) is 7.81. The van der Waals surface area contributed by atoms with Crippen LogP contribution in [-0.2, 0) is 21.4 Å². The third-order valence-electron chi connectivity index (χ3n) is 7.40. The van der Waals surface area contributed by atoms with Crippen LogP contribution in [-0.4, -0.2) is 30.0 Å². The highest BCUT2D eigenvalue weighted by Gasteiger charge is 2.50. The summed E-state index contributed by atoms with van der Waals surface area (Å²) in [5.41, 5.74) is 5.04. The predicted molar refractivity (Wildman–Crippen MR) is 150 cm³/mol. The number of carbonyl (C=O) groups excluding carboxylic acids is 1. The number of ether oxygens (including phenoxy) is 2. The fraction of sp³-hybridized carbons (Fsp3) is 0.345. The number of nitrogens with zero attached hydrogens (tertiary/aromatic N) is 2. The van der Waals surface area contributed by atoms with Gasteiger partial charge in [0.2, 0.25) is 0 Å². The number of hydrogen-bond donors (Lipinski definition) is 1. The second kappa shape index (κ2) is 10.5. The smallest absolute Gasteiger partial charge is 0.402 e.